The third-order valence-corrected chi connectivity index (χ3v) is 3.12. The SMILES string of the molecule is Cn1nccc1-c1c(F)ccc(OC2CC2)c1C#N. The van der Waals surface area contributed by atoms with Crippen molar-refractivity contribution in [2.75, 3.05) is 0 Å². The molecule has 96 valence electrons. The van der Waals surface area contributed by atoms with Crippen LogP contribution >= 0.6 is 0 Å². The Kier molecular flexibility index (Phi) is 2.71. The van der Waals surface area contributed by atoms with Crippen molar-refractivity contribution < 1.29 is 9.13 Å². The Bertz CT molecular complexity index is 668. The molecular weight excluding hydrogens is 245 g/mol. The van der Waals surface area contributed by atoms with Crippen molar-refractivity contribution in [1.82, 2.24) is 9.78 Å². The fraction of sp³-hybridized carbons (Fsp3) is 0.286. The molecule has 1 aromatic heterocycles. The number of rotatable bonds is 3. The first-order chi connectivity index (χ1) is 9.20. The van der Waals surface area contributed by atoms with Crippen LogP contribution in [0.5, 0.6) is 5.75 Å². The largest absolute Gasteiger partial charge is 0.489 e. The molecule has 1 fully saturated rings. The summed E-state index contributed by atoms with van der Waals surface area (Å²) in [6.07, 6.45) is 3.72. The summed E-state index contributed by atoms with van der Waals surface area (Å²) < 4.78 is 21.3. The topological polar surface area (TPSA) is 50.8 Å². The molecule has 3 rings (SSSR count). The summed E-state index contributed by atoms with van der Waals surface area (Å²) in [5, 5.41) is 13.3. The van der Waals surface area contributed by atoms with Crippen LogP contribution in [0.15, 0.2) is 24.4 Å². The van der Waals surface area contributed by atoms with Crippen LogP contribution in [0.2, 0.25) is 0 Å². The Morgan fingerprint density at radius 2 is 2.21 bits per heavy atom. The summed E-state index contributed by atoms with van der Waals surface area (Å²) in [7, 11) is 1.71. The average molecular weight is 257 g/mol. The fourth-order valence-corrected chi connectivity index (χ4v) is 2.00. The van der Waals surface area contributed by atoms with E-state index in [-0.39, 0.29) is 17.2 Å². The molecule has 1 aliphatic rings. The molecule has 1 saturated carbocycles. The van der Waals surface area contributed by atoms with Gasteiger partial charge in [-0.3, -0.25) is 4.68 Å². The minimum Gasteiger partial charge on any atom is -0.489 e. The number of hydrogen-bond donors (Lipinski definition) is 0. The summed E-state index contributed by atoms with van der Waals surface area (Å²) in [4.78, 5) is 0. The summed E-state index contributed by atoms with van der Waals surface area (Å²) in [6.45, 7) is 0. The molecule has 0 saturated heterocycles. The number of aryl methyl sites for hydroxylation is 1. The zero-order valence-electron chi connectivity index (χ0n) is 10.4. The van der Waals surface area contributed by atoms with E-state index in [1.165, 1.54) is 12.1 Å². The Morgan fingerprint density at radius 3 is 2.79 bits per heavy atom. The lowest BCUT2D eigenvalue weighted by Gasteiger charge is -2.11. The molecule has 0 amide bonds. The molecule has 5 heteroatoms. The van der Waals surface area contributed by atoms with E-state index in [1.807, 2.05) is 6.07 Å². The quantitative estimate of drug-likeness (QED) is 0.849. The molecule has 4 nitrogen and oxygen atoms in total. The van der Waals surface area contributed by atoms with Crippen molar-refractivity contribution in [3.05, 3.63) is 35.8 Å². The summed E-state index contributed by atoms with van der Waals surface area (Å²) in [6, 6.07) is 6.58. The lowest BCUT2D eigenvalue weighted by atomic mass is 10.0. The van der Waals surface area contributed by atoms with Crippen molar-refractivity contribution in [3.63, 3.8) is 0 Å². The van der Waals surface area contributed by atoms with E-state index in [2.05, 4.69) is 5.10 Å². The van der Waals surface area contributed by atoms with Crippen molar-refractivity contribution >= 4 is 0 Å². The molecule has 0 N–H and O–H groups in total. The normalized spacial score (nSPS) is 14.2. The Hall–Kier alpha value is -2.35. The highest BCUT2D eigenvalue weighted by Gasteiger charge is 2.26. The van der Waals surface area contributed by atoms with Gasteiger partial charge in [0.05, 0.1) is 17.4 Å². The van der Waals surface area contributed by atoms with E-state index >= 15 is 0 Å². The molecule has 0 unspecified atom stereocenters. The molecule has 0 bridgehead atoms. The van der Waals surface area contributed by atoms with Crippen molar-refractivity contribution in [3.8, 4) is 23.1 Å². The molecule has 0 spiro atoms. The third kappa shape index (κ3) is 2.06. The van der Waals surface area contributed by atoms with Crippen molar-refractivity contribution in [1.29, 1.82) is 5.26 Å². The van der Waals surface area contributed by atoms with E-state index in [0.717, 1.165) is 12.8 Å². The van der Waals surface area contributed by atoms with Gasteiger partial charge in [-0.1, -0.05) is 0 Å². The Labute approximate surface area is 110 Å². The second-order valence-electron chi connectivity index (χ2n) is 4.56. The van der Waals surface area contributed by atoms with Crippen molar-refractivity contribution in [2.24, 2.45) is 7.05 Å². The first-order valence-electron chi connectivity index (χ1n) is 6.08. The van der Waals surface area contributed by atoms with Gasteiger partial charge in [-0.2, -0.15) is 10.4 Å². The highest BCUT2D eigenvalue weighted by molar-refractivity contribution is 5.72. The highest BCUT2D eigenvalue weighted by Crippen LogP contribution is 2.35. The Balaban J connectivity index is 2.16. The number of nitriles is 1. The maximum Gasteiger partial charge on any atom is 0.138 e. The van der Waals surface area contributed by atoms with Gasteiger partial charge in [-0.15, -0.1) is 0 Å². The van der Waals surface area contributed by atoms with E-state index < -0.39 is 5.82 Å². The zero-order chi connectivity index (χ0) is 13.4. The van der Waals surface area contributed by atoms with E-state index in [9.17, 15) is 9.65 Å². The number of nitrogens with zero attached hydrogens (tertiary/aromatic N) is 3. The van der Waals surface area contributed by atoms with Gasteiger partial charge in [-0.25, -0.2) is 4.39 Å². The molecule has 2 aromatic rings. The van der Waals surface area contributed by atoms with Crippen LogP contribution in [-0.2, 0) is 7.05 Å². The summed E-state index contributed by atoms with van der Waals surface area (Å²) in [5.41, 5.74) is 1.05. The second-order valence-corrected chi connectivity index (χ2v) is 4.56. The van der Waals surface area contributed by atoms with Crippen molar-refractivity contribution in [2.45, 2.75) is 18.9 Å². The van der Waals surface area contributed by atoms with Gasteiger partial charge < -0.3 is 4.74 Å². The van der Waals surface area contributed by atoms with E-state index in [4.69, 9.17) is 4.74 Å². The maximum atomic E-state index is 14.1. The fourth-order valence-electron chi connectivity index (χ4n) is 2.00. The van der Waals surface area contributed by atoms with Gasteiger partial charge >= 0.3 is 0 Å². The standard InChI is InChI=1S/C14H12FN3O/c1-18-12(6-7-17-18)14-10(8-16)13(5-4-11(14)15)19-9-2-3-9/h4-7,9H,2-3H2,1H3. The molecule has 1 heterocycles. The van der Waals surface area contributed by atoms with Gasteiger partial charge in [0.15, 0.2) is 0 Å². The van der Waals surface area contributed by atoms with Gasteiger partial charge in [0.2, 0.25) is 0 Å². The van der Waals surface area contributed by atoms with Crippen LogP contribution in [0.3, 0.4) is 0 Å². The first kappa shape index (κ1) is 11.7. The smallest absolute Gasteiger partial charge is 0.138 e. The number of ether oxygens (including phenoxy) is 1. The minimum absolute atomic E-state index is 0.164. The highest BCUT2D eigenvalue weighted by atomic mass is 19.1. The van der Waals surface area contributed by atoms with Crippen LogP contribution in [0.4, 0.5) is 4.39 Å². The molecule has 1 aliphatic carbocycles. The summed E-state index contributed by atoms with van der Waals surface area (Å²) in [5.74, 6) is 0.00546. The van der Waals surface area contributed by atoms with Crippen LogP contribution in [0.25, 0.3) is 11.3 Å². The van der Waals surface area contributed by atoms with Gasteiger partial charge in [0, 0.05) is 13.2 Å². The minimum atomic E-state index is -0.441. The third-order valence-electron chi connectivity index (χ3n) is 3.12. The van der Waals surface area contributed by atoms with Crippen LogP contribution in [-0.4, -0.2) is 15.9 Å². The monoisotopic (exact) mass is 257 g/mol. The van der Waals surface area contributed by atoms with Gasteiger partial charge in [0.1, 0.15) is 23.2 Å². The maximum absolute atomic E-state index is 14.1. The van der Waals surface area contributed by atoms with Crippen LogP contribution in [0.1, 0.15) is 18.4 Å². The molecule has 19 heavy (non-hydrogen) atoms. The second kappa shape index (κ2) is 4.39. The van der Waals surface area contributed by atoms with Gasteiger partial charge in [0.25, 0.3) is 0 Å². The first-order valence-corrected chi connectivity index (χ1v) is 6.08. The van der Waals surface area contributed by atoms with Crippen LogP contribution in [0, 0.1) is 17.1 Å². The molecule has 0 aliphatic heterocycles. The predicted molar refractivity (Wildman–Crippen MR) is 67.0 cm³/mol. The lowest BCUT2D eigenvalue weighted by molar-refractivity contribution is 0.302. The Morgan fingerprint density at radius 1 is 1.42 bits per heavy atom. The number of aromatic nitrogens is 2. The molecule has 0 atom stereocenters. The van der Waals surface area contributed by atoms with E-state index in [0.29, 0.717) is 11.4 Å². The lowest BCUT2D eigenvalue weighted by Crippen LogP contribution is -2.03. The molecular formula is C14H12FN3O. The molecule has 0 radical (unpaired) electrons. The predicted octanol–water partition coefficient (Wildman–Crippen LogP) is 2.64. The van der Waals surface area contributed by atoms with Crippen LogP contribution < -0.4 is 4.74 Å². The zero-order valence-corrected chi connectivity index (χ0v) is 10.4. The number of halogens is 1. The van der Waals surface area contributed by atoms with E-state index in [1.54, 1.807) is 24.0 Å². The average Bonchev–Trinajstić information content (AvgIpc) is 3.12. The van der Waals surface area contributed by atoms with Gasteiger partial charge in [-0.05, 0) is 31.0 Å². The number of benzene rings is 1. The number of hydrogen-bond acceptors (Lipinski definition) is 3. The summed E-state index contributed by atoms with van der Waals surface area (Å²) >= 11 is 0. The molecule has 1 aromatic carbocycles.